The molecular formula is C8H17I2N3-2. The van der Waals surface area contributed by atoms with Crippen LogP contribution in [0.3, 0.4) is 0 Å². The van der Waals surface area contributed by atoms with Crippen molar-refractivity contribution in [3.63, 3.8) is 0 Å². The minimum absolute atomic E-state index is 0.310. The molecule has 0 aromatic heterocycles. The van der Waals surface area contributed by atoms with E-state index in [0.717, 1.165) is 8.60 Å². The van der Waals surface area contributed by atoms with Gasteiger partial charge in [0, 0.05) is 0 Å². The van der Waals surface area contributed by atoms with Gasteiger partial charge in [0.1, 0.15) is 0 Å². The fraction of sp³-hybridized carbons (Fsp3) is 1.00. The van der Waals surface area contributed by atoms with E-state index >= 15 is 0 Å². The van der Waals surface area contributed by atoms with Gasteiger partial charge in [0.25, 0.3) is 0 Å². The van der Waals surface area contributed by atoms with Crippen molar-refractivity contribution in [2.45, 2.75) is 21.9 Å². The quantitative estimate of drug-likeness (QED) is 0.261. The third kappa shape index (κ3) is 3.17. The predicted molar refractivity (Wildman–Crippen MR) is 45.8 cm³/mol. The van der Waals surface area contributed by atoms with E-state index in [2.05, 4.69) is 39.1 Å². The van der Waals surface area contributed by atoms with E-state index in [1.54, 1.807) is 0 Å². The Labute approximate surface area is 101 Å². The fourth-order valence-corrected chi connectivity index (χ4v) is 6.76. The first-order chi connectivity index (χ1) is 6.19. The van der Waals surface area contributed by atoms with E-state index in [4.69, 9.17) is 0 Å². The molecule has 1 heterocycles. The molecular weight excluding hydrogens is 392 g/mol. The van der Waals surface area contributed by atoms with Crippen LogP contribution < -0.4 is 42.4 Å². The van der Waals surface area contributed by atoms with Crippen molar-refractivity contribution >= 4 is 0 Å². The van der Waals surface area contributed by atoms with Gasteiger partial charge in [0.15, 0.2) is 0 Å². The summed E-state index contributed by atoms with van der Waals surface area (Å²) in [4.78, 5) is 4.70. The number of hydrogen-bond donors (Lipinski definition) is 0. The van der Waals surface area contributed by atoms with Crippen LogP contribution in [-0.2, 0) is 0 Å². The number of alkyl halides is 4. The Morgan fingerprint density at radius 2 is 1.92 bits per heavy atom. The Morgan fingerprint density at radius 3 is 2.31 bits per heavy atom. The summed E-state index contributed by atoms with van der Waals surface area (Å²) in [7, 11) is 0. The fourth-order valence-electron chi connectivity index (χ4n) is 1.17. The van der Waals surface area contributed by atoms with Crippen LogP contribution >= 0.6 is 0 Å². The van der Waals surface area contributed by atoms with Gasteiger partial charge in [-0.25, -0.2) is 0 Å². The van der Waals surface area contributed by atoms with Crippen LogP contribution in [0.1, 0.15) is 13.8 Å². The van der Waals surface area contributed by atoms with Gasteiger partial charge in [0.2, 0.25) is 0 Å². The molecule has 1 atom stereocenters. The molecule has 80 valence electrons. The Kier molecular flexibility index (Phi) is 5.21. The molecule has 0 aromatic carbocycles. The molecule has 13 heavy (non-hydrogen) atoms. The average molecular weight is 409 g/mol. The van der Waals surface area contributed by atoms with Gasteiger partial charge in [-0.15, -0.1) is 0 Å². The topological polar surface area (TPSA) is 28.0 Å². The van der Waals surface area contributed by atoms with Crippen molar-refractivity contribution in [2.24, 2.45) is 16.3 Å². The maximum absolute atomic E-state index is 4.32. The number of hydrogen-bond acceptors (Lipinski definition) is 3. The maximum atomic E-state index is 4.32. The molecule has 0 fully saturated rings. The summed E-state index contributed by atoms with van der Waals surface area (Å²) in [6.07, 6.45) is 0. The second-order valence-electron chi connectivity index (χ2n) is 3.35. The van der Waals surface area contributed by atoms with E-state index in [1.807, 2.05) is 0 Å². The van der Waals surface area contributed by atoms with Crippen LogP contribution in [-0.4, -0.2) is 29.5 Å². The van der Waals surface area contributed by atoms with E-state index in [0.29, 0.717) is 54.4 Å². The SMILES string of the molecule is C[I-]C([I-]C)N1CC(C(C)C)N=N1. The molecule has 0 amide bonds. The summed E-state index contributed by atoms with van der Waals surface area (Å²) in [5.74, 6) is 0.638. The minimum atomic E-state index is 0.310. The van der Waals surface area contributed by atoms with Crippen molar-refractivity contribution in [2.75, 3.05) is 16.4 Å². The Morgan fingerprint density at radius 1 is 1.31 bits per heavy atom. The third-order valence-electron chi connectivity index (χ3n) is 2.04. The molecule has 0 N–H and O–H groups in total. The van der Waals surface area contributed by atoms with Crippen molar-refractivity contribution in [3.05, 3.63) is 0 Å². The number of nitrogens with zero attached hydrogens (tertiary/aromatic N) is 3. The normalized spacial score (nSPS) is 22.9. The van der Waals surface area contributed by atoms with Gasteiger partial charge in [0.05, 0.1) is 0 Å². The van der Waals surface area contributed by atoms with Crippen LogP contribution in [0.25, 0.3) is 0 Å². The number of halogens is 2. The molecule has 0 saturated carbocycles. The molecule has 1 aliphatic heterocycles. The molecule has 5 heteroatoms. The van der Waals surface area contributed by atoms with Gasteiger partial charge < -0.3 is 0 Å². The molecule has 0 saturated heterocycles. The number of rotatable bonds is 4. The first kappa shape index (κ1) is 11.9. The first-order valence-corrected chi connectivity index (χ1v) is 11.1. The molecule has 0 bridgehead atoms. The first-order valence-electron chi connectivity index (χ1n) is 4.32. The second kappa shape index (κ2) is 5.67. The molecule has 0 spiro atoms. The Bertz CT molecular complexity index is 180. The van der Waals surface area contributed by atoms with E-state index in [-0.39, 0.29) is 0 Å². The van der Waals surface area contributed by atoms with E-state index in [1.165, 1.54) is 0 Å². The van der Waals surface area contributed by atoms with Crippen molar-refractivity contribution in [3.8, 4) is 0 Å². The Balaban J connectivity index is 2.45. The van der Waals surface area contributed by atoms with Gasteiger partial charge in [-0.3, -0.25) is 0 Å². The van der Waals surface area contributed by atoms with Crippen molar-refractivity contribution < 1.29 is 42.4 Å². The third-order valence-corrected chi connectivity index (χ3v) is 11.7. The van der Waals surface area contributed by atoms with Gasteiger partial charge >= 0.3 is 102 Å². The summed E-state index contributed by atoms with van der Waals surface area (Å²) in [6.45, 7) is 5.53. The van der Waals surface area contributed by atoms with Crippen LogP contribution in [0.2, 0.25) is 0 Å². The average Bonchev–Trinajstić information content (AvgIpc) is 2.56. The summed E-state index contributed by atoms with van der Waals surface area (Å²) >= 11 is 0.620. The van der Waals surface area contributed by atoms with E-state index in [9.17, 15) is 0 Å². The van der Waals surface area contributed by atoms with Crippen molar-refractivity contribution in [1.29, 1.82) is 0 Å². The van der Waals surface area contributed by atoms with Crippen molar-refractivity contribution in [1.82, 2.24) is 5.01 Å². The van der Waals surface area contributed by atoms with Gasteiger partial charge in [-0.05, 0) is 0 Å². The summed E-state index contributed by atoms with van der Waals surface area (Å²) < 4.78 is 0.810. The van der Waals surface area contributed by atoms with Crippen LogP contribution in [0.4, 0.5) is 0 Å². The zero-order valence-corrected chi connectivity index (χ0v) is 12.9. The molecule has 1 rings (SSSR count). The molecule has 0 aromatic rings. The van der Waals surface area contributed by atoms with Crippen LogP contribution in [0.5, 0.6) is 0 Å². The van der Waals surface area contributed by atoms with Crippen LogP contribution in [0, 0.1) is 5.92 Å². The zero-order valence-electron chi connectivity index (χ0n) is 8.54. The van der Waals surface area contributed by atoms with Gasteiger partial charge in [-0.1, -0.05) is 0 Å². The standard InChI is InChI=1S/C8H17I2N3/c1-6(2)7-5-13(12-11-7)8(9-3)10-4/h6-8H,5H2,1-4H3/q-2. The molecule has 0 aliphatic carbocycles. The Hall–Kier alpha value is 0.860. The summed E-state index contributed by atoms with van der Waals surface area (Å²) in [6, 6.07) is 0.452. The van der Waals surface area contributed by atoms with Crippen LogP contribution in [0.15, 0.2) is 10.3 Å². The predicted octanol–water partition coefficient (Wildman–Crippen LogP) is -4.58. The molecule has 1 unspecified atom stereocenters. The monoisotopic (exact) mass is 409 g/mol. The summed E-state index contributed by atoms with van der Waals surface area (Å²) in [5.41, 5.74) is 0. The molecule has 1 aliphatic rings. The summed E-state index contributed by atoms with van der Waals surface area (Å²) in [5, 5.41) is 10.9. The molecule has 0 radical (unpaired) electrons. The molecule has 3 nitrogen and oxygen atoms in total. The van der Waals surface area contributed by atoms with Gasteiger partial charge in [-0.2, -0.15) is 0 Å². The zero-order chi connectivity index (χ0) is 9.84. The second-order valence-corrected chi connectivity index (χ2v) is 10.6. The van der Waals surface area contributed by atoms with E-state index < -0.39 is 0 Å².